The van der Waals surface area contributed by atoms with Gasteiger partial charge in [-0.1, -0.05) is 48.5 Å². The number of amides is 4. The number of halogens is 1. The van der Waals surface area contributed by atoms with Gasteiger partial charge in [-0.2, -0.15) is 0 Å². The maximum Gasteiger partial charge on any atom is 0.335 e. The number of nitrogens with one attached hydrogen (secondary N) is 1. The first-order chi connectivity index (χ1) is 15.8. The van der Waals surface area contributed by atoms with Gasteiger partial charge in [0.05, 0.1) is 10.6 Å². The zero-order valence-corrected chi connectivity index (χ0v) is 17.0. The largest absolute Gasteiger partial charge is 0.335 e. The summed E-state index contributed by atoms with van der Waals surface area (Å²) in [5.74, 6) is -2.08. The Bertz CT molecular complexity index is 1320. The van der Waals surface area contributed by atoms with Gasteiger partial charge in [0.15, 0.2) is 0 Å². The Morgan fingerprint density at radius 1 is 0.970 bits per heavy atom. The van der Waals surface area contributed by atoms with Crippen molar-refractivity contribution in [3.05, 3.63) is 111 Å². The molecule has 1 fully saturated rings. The molecule has 1 heterocycles. The van der Waals surface area contributed by atoms with Crippen LogP contribution in [0, 0.1) is 15.9 Å². The lowest BCUT2D eigenvalue weighted by molar-refractivity contribution is -0.384. The minimum absolute atomic E-state index is 0.0367. The van der Waals surface area contributed by atoms with Crippen molar-refractivity contribution in [1.29, 1.82) is 0 Å². The molecular formula is C24H16FN3O5. The van der Waals surface area contributed by atoms with E-state index in [2.05, 4.69) is 5.32 Å². The number of nitro groups is 1. The highest BCUT2D eigenvalue weighted by Gasteiger charge is 2.37. The molecule has 9 heteroatoms. The normalized spacial score (nSPS) is 15.0. The van der Waals surface area contributed by atoms with Crippen LogP contribution < -0.4 is 10.2 Å². The second-order valence-corrected chi connectivity index (χ2v) is 7.24. The molecule has 0 bridgehead atoms. The minimum atomic E-state index is -0.997. The summed E-state index contributed by atoms with van der Waals surface area (Å²) < 4.78 is 13.9. The number of non-ortho nitro benzene ring substituents is 1. The smallest absolute Gasteiger partial charge is 0.273 e. The molecular weight excluding hydrogens is 429 g/mol. The average molecular weight is 445 g/mol. The van der Waals surface area contributed by atoms with Crippen LogP contribution in [-0.4, -0.2) is 22.8 Å². The summed E-state index contributed by atoms with van der Waals surface area (Å²) in [7, 11) is 0. The molecule has 0 atom stereocenters. The molecule has 0 unspecified atom stereocenters. The van der Waals surface area contributed by atoms with Gasteiger partial charge in [0.25, 0.3) is 17.5 Å². The summed E-state index contributed by atoms with van der Waals surface area (Å²) in [5, 5.41) is 13.1. The fraction of sp³-hybridized carbons (Fsp3) is 0.0417. The maximum atomic E-state index is 13.9. The molecule has 0 aliphatic carbocycles. The Labute approximate surface area is 187 Å². The van der Waals surface area contributed by atoms with Gasteiger partial charge in [0, 0.05) is 18.6 Å². The van der Waals surface area contributed by atoms with E-state index < -0.39 is 22.8 Å². The van der Waals surface area contributed by atoms with E-state index in [1.54, 1.807) is 42.5 Å². The molecule has 1 N–H and O–H groups in total. The number of benzene rings is 3. The Balaban J connectivity index is 1.60. The standard InChI is InChI=1S/C24H16FN3O5/c25-21-7-2-1-4-17(21)12-15-8-10-16(11-9-15)13-20-22(29)26-24(31)27(23(20)30)18-5-3-6-19(14-18)28(32)33/h1-11,13-14H,12H2,(H,26,29,31)/b20-13+. The van der Waals surface area contributed by atoms with Crippen molar-refractivity contribution >= 4 is 35.3 Å². The second-order valence-electron chi connectivity index (χ2n) is 7.24. The summed E-state index contributed by atoms with van der Waals surface area (Å²) in [6.07, 6.45) is 1.69. The first-order valence-corrected chi connectivity index (χ1v) is 9.82. The third-order valence-corrected chi connectivity index (χ3v) is 5.04. The number of nitro benzene ring substituents is 1. The average Bonchev–Trinajstić information content (AvgIpc) is 2.79. The number of barbiturate groups is 1. The second kappa shape index (κ2) is 8.83. The van der Waals surface area contributed by atoms with E-state index in [9.17, 15) is 28.9 Å². The number of imide groups is 2. The summed E-state index contributed by atoms with van der Waals surface area (Å²) in [4.78, 5) is 48.6. The van der Waals surface area contributed by atoms with Gasteiger partial charge in [0.1, 0.15) is 11.4 Å². The molecule has 8 nitrogen and oxygen atoms in total. The Hall–Kier alpha value is -4.66. The number of urea groups is 1. The lowest BCUT2D eigenvalue weighted by atomic mass is 10.0. The van der Waals surface area contributed by atoms with Crippen LogP contribution in [-0.2, 0) is 16.0 Å². The molecule has 1 saturated heterocycles. The first-order valence-electron chi connectivity index (χ1n) is 9.82. The van der Waals surface area contributed by atoms with Crippen molar-refractivity contribution in [3.63, 3.8) is 0 Å². The topological polar surface area (TPSA) is 110 Å². The summed E-state index contributed by atoms with van der Waals surface area (Å²) >= 11 is 0. The van der Waals surface area contributed by atoms with Crippen molar-refractivity contribution in [2.24, 2.45) is 0 Å². The molecule has 4 rings (SSSR count). The van der Waals surface area contributed by atoms with Crippen LogP contribution in [0.5, 0.6) is 0 Å². The number of anilines is 1. The van der Waals surface area contributed by atoms with Gasteiger partial charge in [-0.05, 0) is 34.9 Å². The van der Waals surface area contributed by atoms with Crippen LogP contribution in [0.3, 0.4) is 0 Å². The molecule has 164 valence electrons. The third-order valence-electron chi connectivity index (χ3n) is 5.04. The maximum absolute atomic E-state index is 13.9. The van der Waals surface area contributed by atoms with Crippen LogP contribution in [0.15, 0.2) is 78.4 Å². The van der Waals surface area contributed by atoms with Crippen molar-refractivity contribution in [2.45, 2.75) is 6.42 Å². The zero-order chi connectivity index (χ0) is 23.5. The predicted molar refractivity (Wildman–Crippen MR) is 118 cm³/mol. The lowest BCUT2D eigenvalue weighted by Crippen LogP contribution is -2.54. The molecule has 1 aliphatic heterocycles. The minimum Gasteiger partial charge on any atom is -0.273 e. The van der Waals surface area contributed by atoms with Crippen LogP contribution in [0.1, 0.15) is 16.7 Å². The molecule has 0 spiro atoms. The fourth-order valence-corrected chi connectivity index (χ4v) is 3.40. The molecule has 4 amide bonds. The quantitative estimate of drug-likeness (QED) is 0.276. The van der Waals surface area contributed by atoms with E-state index in [0.717, 1.165) is 11.6 Å². The molecule has 3 aromatic rings. The molecule has 1 aliphatic rings. The van der Waals surface area contributed by atoms with Gasteiger partial charge in [0.2, 0.25) is 0 Å². The number of carbonyl (C=O) groups is 3. The van der Waals surface area contributed by atoms with Crippen LogP contribution in [0.4, 0.5) is 20.6 Å². The molecule has 3 aromatic carbocycles. The van der Waals surface area contributed by atoms with E-state index in [1.165, 1.54) is 30.3 Å². The van der Waals surface area contributed by atoms with E-state index in [4.69, 9.17) is 0 Å². The van der Waals surface area contributed by atoms with Crippen molar-refractivity contribution < 1.29 is 23.7 Å². The Morgan fingerprint density at radius 2 is 1.70 bits per heavy atom. The Morgan fingerprint density at radius 3 is 2.39 bits per heavy atom. The highest BCUT2D eigenvalue weighted by Crippen LogP contribution is 2.25. The zero-order valence-electron chi connectivity index (χ0n) is 17.0. The van der Waals surface area contributed by atoms with Gasteiger partial charge in [-0.15, -0.1) is 0 Å². The molecule has 0 radical (unpaired) electrons. The number of hydrogen-bond acceptors (Lipinski definition) is 5. The fourth-order valence-electron chi connectivity index (χ4n) is 3.40. The monoisotopic (exact) mass is 445 g/mol. The van der Waals surface area contributed by atoms with E-state index in [1.807, 2.05) is 0 Å². The SMILES string of the molecule is O=C1NC(=O)N(c2cccc([N+](=O)[O-])c2)C(=O)/C1=C/c1ccc(Cc2ccccc2F)cc1. The molecule has 33 heavy (non-hydrogen) atoms. The van der Waals surface area contributed by atoms with Crippen LogP contribution >= 0.6 is 0 Å². The van der Waals surface area contributed by atoms with E-state index in [-0.39, 0.29) is 22.8 Å². The number of rotatable bonds is 5. The van der Waals surface area contributed by atoms with Gasteiger partial charge in [-0.3, -0.25) is 25.0 Å². The van der Waals surface area contributed by atoms with Crippen molar-refractivity contribution in [1.82, 2.24) is 5.32 Å². The van der Waals surface area contributed by atoms with Crippen LogP contribution in [0.2, 0.25) is 0 Å². The number of nitrogens with zero attached hydrogens (tertiary/aromatic N) is 2. The Kier molecular flexibility index (Phi) is 5.77. The van der Waals surface area contributed by atoms with Gasteiger partial charge >= 0.3 is 6.03 Å². The van der Waals surface area contributed by atoms with Gasteiger partial charge < -0.3 is 0 Å². The first kappa shape index (κ1) is 21.6. The molecule has 0 saturated carbocycles. The van der Waals surface area contributed by atoms with E-state index in [0.29, 0.717) is 22.4 Å². The molecule has 0 aromatic heterocycles. The van der Waals surface area contributed by atoms with Crippen molar-refractivity contribution in [3.8, 4) is 0 Å². The number of hydrogen-bond donors (Lipinski definition) is 1. The summed E-state index contributed by atoms with van der Waals surface area (Å²) in [6.45, 7) is 0. The third kappa shape index (κ3) is 4.52. The highest BCUT2D eigenvalue weighted by molar-refractivity contribution is 6.39. The predicted octanol–water partition coefficient (Wildman–Crippen LogP) is 3.99. The van der Waals surface area contributed by atoms with E-state index >= 15 is 0 Å². The summed E-state index contributed by atoms with van der Waals surface area (Å²) in [5.41, 5.74) is 1.24. The van der Waals surface area contributed by atoms with Gasteiger partial charge in [-0.25, -0.2) is 14.1 Å². The lowest BCUT2D eigenvalue weighted by Gasteiger charge is -2.26. The summed E-state index contributed by atoms with van der Waals surface area (Å²) in [6, 6.07) is 17.2. The van der Waals surface area contributed by atoms with Crippen molar-refractivity contribution in [2.75, 3.05) is 4.90 Å². The highest BCUT2D eigenvalue weighted by atomic mass is 19.1. The number of carbonyl (C=O) groups excluding carboxylic acids is 3. The van der Waals surface area contributed by atoms with Crippen LogP contribution in [0.25, 0.3) is 6.08 Å².